The predicted molar refractivity (Wildman–Crippen MR) is 108 cm³/mol. The van der Waals surface area contributed by atoms with E-state index < -0.39 is 15.8 Å². The van der Waals surface area contributed by atoms with Gasteiger partial charge >= 0.3 is 0 Å². The smallest absolute Gasteiger partial charge is 0.251 e. The Hall–Kier alpha value is -2.00. The minimum Gasteiger partial charge on any atom is -0.376 e. The third-order valence-corrected chi connectivity index (χ3v) is 6.34. The molecule has 1 aliphatic heterocycles. The second kappa shape index (κ2) is 9.67. The van der Waals surface area contributed by atoms with Crippen molar-refractivity contribution >= 4 is 27.5 Å². The molecule has 1 aliphatic rings. The molecule has 6 nitrogen and oxygen atoms in total. The minimum atomic E-state index is -3.84. The van der Waals surface area contributed by atoms with Crippen molar-refractivity contribution < 1.29 is 22.3 Å². The van der Waals surface area contributed by atoms with Crippen molar-refractivity contribution in [1.29, 1.82) is 0 Å². The van der Waals surface area contributed by atoms with E-state index in [0.29, 0.717) is 17.7 Å². The molecule has 2 aromatic rings. The Morgan fingerprint density at radius 2 is 1.93 bits per heavy atom. The van der Waals surface area contributed by atoms with Crippen LogP contribution < -0.4 is 10.0 Å². The van der Waals surface area contributed by atoms with Crippen molar-refractivity contribution in [2.24, 2.45) is 0 Å². The van der Waals surface area contributed by atoms with Crippen LogP contribution in [0, 0.1) is 5.82 Å². The summed E-state index contributed by atoms with van der Waals surface area (Å²) < 4.78 is 45.9. The van der Waals surface area contributed by atoms with Crippen molar-refractivity contribution in [3.05, 3.63) is 64.4 Å². The Bertz CT molecular complexity index is 961. The summed E-state index contributed by atoms with van der Waals surface area (Å²) in [5.41, 5.74) is 1.16. The lowest BCUT2D eigenvalue weighted by Crippen LogP contribution is -2.35. The number of carbonyl (C=O) groups is 1. The third kappa shape index (κ3) is 5.99. The van der Waals surface area contributed by atoms with Crippen LogP contribution in [0.15, 0.2) is 47.4 Å². The van der Waals surface area contributed by atoms with Gasteiger partial charge in [-0.2, -0.15) is 0 Å². The van der Waals surface area contributed by atoms with Crippen LogP contribution in [0.4, 0.5) is 4.39 Å². The molecule has 156 valence electrons. The lowest BCUT2D eigenvalue weighted by Gasteiger charge is -2.22. The molecule has 0 bridgehead atoms. The van der Waals surface area contributed by atoms with Gasteiger partial charge in [-0.15, -0.1) is 0 Å². The first-order valence-corrected chi connectivity index (χ1v) is 11.1. The van der Waals surface area contributed by atoms with Gasteiger partial charge in [-0.1, -0.05) is 23.7 Å². The Labute approximate surface area is 174 Å². The number of carbonyl (C=O) groups excluding carboxylic acids is 1. The number of hydrogen-bond donors (Lipinski definition) is 2. The molecule has 2 aromatic carbocycles. The van der Waals surface area contributed by atoms with Crippen LogP contribution in [0.5, 0.6) is 0 Å². The molecule has 0 saturated carbocycles. The average molecular weight is 441 g/mol. The fourth-order valence-corrected chi connectivity index (χ4v) is 4.25. The van der Waals surface area contributed by atoms with E-state index in [1.807, 2.05) is 0 Å². The first-order valence-electron chi connectivity index (χ1n) is 9.28. The Kier molecular flexibility index (Phi) is 7.23. The monoisotopic (exact) mass is 440 g/mol. The van der Waals surface area contributed by atoms with Gasteiger partial charge in [0.2, 0.25) is 10.0 Å². The van der Waals surface area contributed by atoms with Crippen molar-refractivity contribution in [1.82, 2.24) is 10.0 Å². The van der Waals surface area contributed by atoms with Crippen molar-refractivity contribution in [2.75, 3.05) is 13.2 Å². The van der Waals surface area contributed by atoms with Gasteiger partial charge in [0.25, 0.3) is 5.91 Å². The van der Waals surface area contributed by atoms with Gasteiger partial charge in [0, 0.05) is 25.3 Å². The molecule has 0 radical (unpaired) electrons. The summed E-state index contributed by atoms with van der Waals surface area (Å²) in [5, 5.41) is 2.59. The molecule has 0 spiro atoms. The Morgan fingerprint density at radius 1 is 1.17 bits per heavy atom. The highest BCUT2D eigenvalue weighted by Gasteiger charge is 2.17. The summed E-state index contributed by atoms with van der Waals surface area (Å²) in [7, 11) is -3.84. The van der Waals surface area contributed by atoms with E-state index >= 15 is 0 Å². The van der Waals surface area contributed by atoms with Gasteiger partial charge in [-0.3, -0.25) is 4.79 Å². The second-order valence-electron chi connectivity index (χ2n) is 6.80. The fourth-order valence-electron chi connectivity index (χ4n) is 2.96. The quantitative estimate of drug-likeness (QED) is 0.692. The van der Waals surface area contributed by atoms with Gasteiger partial charge in [-0.25, -0.2) is 17.5 Å². The zero-order valence-electron chi connectivity index (χ0n) is 15.7. The Morgan fingerprint density at radius 3 is 2.59 bits per heavy atom. The highest BCUT2D eigenvalue weighted by Crippen LogP contribution is 2.19. The minimum absolute atomic E-state index is 0.0230. The number of rotatable bonds is 7. The van der Waals surface area contributed by atoms with E-state index in [2.05, 4.69) is 10.0 Å². The SMILES string of the molecule is O=C(NC[C@H]1CCCCO1)c1ccc(CNS(=O)(=O)c2ccc(F)c(Cl)c2)cc1. The number of hydrogen-bond acceptors (Lipinski definition) is 4. The summed E-state index contributed by atoms with van der Waals surface area (Å²) >= 11 is 5.65. The maximum atomic E-state index is 13.2. The normalized spacial score (nSPS) is 17.1. The van der Waals surface area contributed by atoms with Crippen LogP contribution in [-0.2, 0) is 21.3 Å². The van der Waals surface area contributed by atoms with Crippen LogP contribution in [0.3, 0.4) is 0 Å². The van der Waals surface area contributed by atoms with Gasteiger partial charge in [-0.05, 0) is 55.2 Å². The van der Waals surface area contributed by atoms with Crippen molar-refractivity contribution in [3.63, 3.8) is 0 Å². The average Bonchev–Trinajstić information content (AvgIpc) is 2.73. The van der Waals surface area contributed by atoms with E-state index in [1.54, 1.807) is 24.3 Å². The molecule has 0 unspecified atom stereocenters. The van der Waals surface area contributed by atoms with E-state index in [4.69, 9.17) is 16.3 Å². The summed E-state index contributed by atoms with van der Waals surface area (Å²) in [4.78, 5) is 12.1. The number of halogens is 2. The lowest BCUT2D eigenvalue weighted by atomic mass is 10.1. The zero-order chi connectivity index (χ0) is 20.9. The van der Waals surface area contributed by atoms with Crippen LogP contribution in [0.25, 0.3) is 0 Å². The molecule has 1 amide bonds. The van der Waals surface area contributed by atoms with Crippen molar-refractivity contribution in [3.8, 4) is 0 Å². The highest BCUT2D eigenvalue weighted by atomic mass is 35.5. The van der Waals surface area contributed by atoms with Crippen LogP contribution >= 0.6 is 11.6 Å². The third-order valence-electron chi connectivity index (χ3n) is 4.65. The van der Waals surface area contributed by atoms with E-state index in [-0.39, 0.29) is 28.5 Å². The highest BCUT2D eigenvalue weighted by molar-refractivity contribution is 7.89. The summed E-state index contributed by atoms with van der Waals surface area (Å²) in [6, 6.07) is 9.82. The molecule has 2 N–H and O–H groups in total. The first-order chi connectivity index (χ1) is 13.8. The molecule has 0 aromatic heterocycles. The molecular weight excluding hydrogens is 419 g/mol. The molecule has 3 rings (SSSR count). The largest absolute Gasteiger partial charge is 0.376 e. The first kappa shape index (κ1) is 21.7. The lowest BCUT2D eigenvalue weighted by molar-refractivity contribution is 0.0169. The van der Waals surface area contributed by atoms with E-state index in [9.17, 15) is 17.6 Å². The van der Waals surface area contributed by atoms with Gasteiger partial charge < -0.3 is 10.1 Å². The predicted octanol–water partition coefficient (Wildman–Crippen LogP) is 3.26. The van der Waals surface area contributed by atoms with Gasteiger partial charge in [0.1, 0.15) is 5.82 Å². The topological polar surface area (TPSA) is 84.5 Å². The standard InChI is InChI=1S/C20H22ClFN2O4S/c21-18-11-17(8-9-19(18)22)29(26,27)24-12-14-4-6-15(7-5-14)20(25)23-13-16-3-1-2-10-28-16/h4-9,11,16,24H,1-3,10,12-13H2,(H,23,25)/t16-/m1/s1. The van der Waals surface area contributed by atoms with E-state index in [1.165, 1.54) is 0 Å². The molecule has 1 fully saturated rings. The zero-order valence-corrected chi connectivity index (χ0v) is 17.2. The number of ether oxygens (including phenoxy) is 1. The summed E-state index contributed by atoms with van der Waals surface area (Å²) in [6.07, 6.45) is 3.17. The number of amides is 1. The van der Waals surface area contributed by atoms with Crippen molar-refractivity contribution in [2.45, 2.75) is 36.8 Å². The molecule has 1 heterocycles. The molecule has 9 heteroatoms. The maximum absolute atomic E-state index is 13.2. The van der Waals surface area contributed by atoms with Crippen LogP contribution in [-0.4, -0.2) is 33.6 Å². The molecule has 29 heavy (non-hydrogen) atoms. The fraction of sp³-hybridized carbons (Fsp3) is 0.350. The summed E-state index contributed by atoms with van der Waals surface area (Å²) in [6.45, 7) is 1.23. The number of nitrogens with one attached hydrogen (secondary N) is 2. The number of sulfonamides is 1. The molecule has 1 saturated heterocycles. The molecule has 1 atom stereocenters. The van der Waals surface area contributed by atoms with Gasteiger partial charge in [0.05, 0.1) is 16.0 Å². The van der Waals surface area contributed by atoms with Gasteiger partial charge in [0.15, 0.2) is 0 Å². The maximum Gasteiger partial charge on any atom is 0.251 e. The van der Waals surface area contributed by atoms with Crippen LogP contribution in [0.1, 0.15) is 35.2 Å². The summed E-state index contributed by atoms with van der Waals surface area (Å²) in [5.74, 6) is -0.887. The van der Waals surface area contributed by atoms with Crippen LogP contribution in [0.2, 0.25) is 5.02 Å². The number of benzene rings is 2. The Balaban J connectivity index is 1.54. The second-order valence-corrected chi connectivity index (χ2v) is 8.97. The van der Waals surface area contributed by atoms with E-state index in [0.717, 1.165) is 44.1 Å². The molecule has 0 aliphatic carbocycles. The molecular formula is C20H22ClFN2O4S.